The fraction of sp³-hybridized carbons (Fsp3) is 0. The van der Waals surface area contributed by atoms with Gasteiger partial charge in [0.05, 0.1) is 0 Å². The molecule has 0 bridgehead atoms. The van der Waals surface area contributed by atoms with E-state index in [9.17, 15) is 0 Å². The summed E-state index contributed by atoms with van der Waals surface area (Å²) < 4.78 is 0. The normalized spacial score (nSPS) is 0. The van der Waals surface area contributed by atoms with Gasteiger partial charge in [-0.15, -0.1) is 0 Å². The van der Waals surface area contributed by atoms with Gasteiger partial charge in [-0.05, 0) is 0 Å². The Morgan fingerprint density at radius 2 is 1.00 bits per heavy atom. The Morgan fingerprint density at radius 3 is 1.00 bits per heavy atom. The van der Waals surface area contributed by atoms with Crippen LogP contribution in [0.5, 0.6) is 0 Å². The molecular formula is H8BeMgO2. The molecule has 0 aromatic rings. The van der Waals surface area contributed by atoms with Crippen molar-refractivity contribution in [3.05, 3.63) is 0 Å². The third-order valence-electron chi connectivity index (χ3n) is 0. The standard InChI is InChI=1S/Be.Mg.2H2O.4H/h;;2*1H2;;;;/q2*+2;;;4*-1. The van der Waals surface area contributed by atoms with Gasteiger partial charge >= 0.3 is 33.2 Å². The molecule has 24 valence electrons. The van der Waals surface area contributed by atoms with E-state index in [1.54, 1.807) is 0 Å². The molecule has 0 aliphatic carbocycles. The van der Waals surface area contributed by atoms with E-state index in [1.807, 2.05) is 0 Å². The maximum Gasteiger partial charge on any atom is 2.00 e. The Kier molecular flexibility index (Phi) is 1060. The molecule has 0 radical (unpaired) electrons. The Morgan fingerprint density at radius 1 is 1.00 bits per heavy atom. The van der Waals surface area contributed by atoms with E-state index in [0.29, 0.717) is 0 Å². The van der Waals surface area contributed by atoms with Crippen LogP contribution in [-0.2, 0) is 0 Å². The van der Waals surface area contributed by atoms with E-state index >= 15 is 0 Å². The van der Waals surface area contributed by atoms with Crippen LogP contribution in [0, 0.1) is 0 Å². The summed E-state index contributed by atoms with van der Waals surface area (Å²) in [5, 5.41) is 0. The molecule has 4 heavy (non-hydrogen) atoms. The molecule has 0 unspecified atom stereocenters. The monoisotopic (exact) mass is 73.0 g/mol. The second-order valence-corrected chi connectivity index (χ2v) is 0. The molecule has 0 saturated carbocycles. The predicted molar refractivity (Wildman–Crippen MR) is 23.2 cm³/mol. The molecule has 0 amide bonds. The minimum atomic E-state index is 0. The van der Waals surface area contributed by atoms with Crippen LogP contribution in [0.3, 0.4) is 0 Å². The van der Waals surface area contributed by atoms with Gasteiger partial charge in [-0.25, -0.2) is 0 Å². The largest absolute Gasteiger partial charge is 2.00 e. The number of hydrogen-bond acceptors (Lipinski definition) is 0. The van der Waals surface area contributed by atoms with Crippen molar-refractivity contribution in [3.63, 3.8) is 0 Å². The van der Waals surface area contributed by atoms with Crippen LogP contribution in [0.4, 0.5) is 0 Å². The molecule has 0 saturated heterocycles. The summed E-state index contributed by atoms with van der Waals surface area (Å²) >= 11 is 0. The molecule has 0 aliphatic heterocycles. The van der Waals surface area contributed by atoms with E-state index < -0.39 is 0 Å². The summed E-state index contributed by atoms with van der Waals surface area (Å²) in [5.41, 5.74) is 0. The first-order chi connectivity index (χ1) is 0. The Balaban J connectivity index is 0. The minimum absolute atomic E-state index is 0. The van der Waals surface area contributed by atoms with Crippen LogP contribution in [0.25, 0.3) is 0 Å². The third-order valence-corrected chi connectivity index (χ3v) is 0. The summed E-state index contributed by atoms with van der Waals surface area (Å²) in [4.78, 5) is 0. The number of hydrogen-bond donors (Lipinski definition) is 0. The molecular weight excluding hydrogens is 65.3 g/mol. The molecule has 0 atom stereocenters. The Labute approximate surface area is 50.5 Å². The van der Waals surface area contributed by atoms with Crippen molar-refractivity contribution in [2.24, 2.45) is 0 Å². The average Bonchev–Trinajstić information content (AvgIpc) is 0. The first-order valence-corrected chi connectivity index (χ1v) is 0. The SMILES string of the molecule is O.O.[Be+2].[H-].[H-].[H-].[H-].[Mg+2]. The van der Waals surface area contributed by atoms with Crippen molar-refractivity contribution in [2.75, 3.05) is 0 Å². The first-order valence-electron chi connectivity index (χ1n) is 0. The zero-order chi connectivity index (χ0) is 0. The van der Waals surface area contributed by atoms with Gasteiger partial charge in [0.25, 0.3) is 0 Å². The van der Waals surface area contributed by atoms with Gasteiger partial charge in [0.2, 0.25) is 0 Å². The van der Waals surface area contributed by atoms with Crippen LogP contribution in [0.15, 0.2) is 0 Å². The Hall–Kier alpha value is 0.855. The predicted octanol–water partition coefficient (Wildman–Crippen LogP) is -1.96. The topological polar surface area (TPSA) is 63.0 Å². The maximum absolute atomic E-state index is 0. The number of rotatable bonds is 0. The zero-order valence-corrected chi connectivity index (χ0v) is 3.83. The van der Waals surface area contributed by atoms with Crippen molar-refractivity contribution >= 4 is 33.2 Å². The van der Waals surface area contributed by atoms with Crippen LogP contribution >= 0.6 is 0 Å². The van der Waals surface area contributed by atoms with Crippen LogP contribution < -0.4 is 0 Å². The van der Waals surface area contributed by atoms with Gasteiger partial charge in [0.1, 0.15) is 0 Å². The molecule has 4 heteroatoms. The zero-order valence-electron chi connectivity index (χ0n) is 6.41. The molecule has 0 spiro atoms. The molecule has 4 N–H and O–H groups in total. The van der Waals surface area contributed by atoms with Crippen molar-refractivity contribution in [1.29, 1.82) is 0 Å². The summed E-state index contributed by atoms with van der Waals surface area (Å²) in [6.07, 6.45) is 0. The summed E-state index contributed by atoms with van der Waals surface area (Å²) in [6, 6.07) is 0. The smallest absolute Gasteiger partial charge is 1.00 e. The fourth-order valence-corrected chi connectivity index (χ4v) is 0. The van der Waals surface area contributed by atoms with Gasteiger partial charge in [0, 0.05) is 0 Å². The molecule has 0 rings (SSSR count). The van der Waals surface area contributed by atoms with E-state index in [1.165, 1.54) is 0 Å². The van der Waals surface area contributed by atoms with E-state index in [-0.39, 0.29) is 49.8 Å². The molecule has 0 aromatic carbocycles. The van der Waals surface area contributed by atoms with Gasteiger partial charge in [0.15, 0.2) is 0 Å². The summed E-state index contributed by atoms with van der Waals surface area (Å²) in [6.45, 7) is 0. The van der Waals surface area contributed by atoms with Gasteiger partial charge in [-0.1, -0.05) is 0 Å². The summed E-state index contributed by atoms with van der Waals surface area (Å²) in [7, 11) is 0. The van der Waals surface area contributed by atoms with Crippen molar-refractivity contribution in [2.45, 2.75) is 0 Å². The molecule has 0 heterocycles. The molecule has 0 aliphatic rings. The van der Waals surface area contributed by atoms with E-state index in [0.717, 1.165) is 0 Å². The third kappa shape index (κ3) is 13.4. The first kappa shape index (κ1) is 98.7. The molecule has 2 nitrogen and oxygen atoms in total. The minimum Gasteiger partial charge on any atom is -1.00 e. The fourth-order valence-electron chi connectivity index (χ4n) is 0. The quantitative estimate of drug-likeness (QED) is 0.299. The molecule has 0 fully saturated rings. The maximum atomic E-state index is 0. The van der Waals surface area contributed by atoms with Crippen molar-refractivity contribution in [3.8, 4) is 0 Å². The van der Waals surface area contributed by atoms with Crippen LogP contribution in [0.1, 0.15) is 5.71 Å². The van der Waals surface area contributed by atoms with Crippen molar-refractivity contribution in [1.82, 2.24) is 0 Å². The second kappa shape index (κ2) is 43.0. The molecule has 0 aromatic heterocycles. The van der Waals surface area contributed by atoms with Crippen molar-refractivity contribution < 1.29 is 16.7 Å². The van der Waals surface area contributed by atoms with Gasteiger partial charge < -0.3 is 16.7 Å². The average molecular weight is 73.4 g/mol. The van der Waals surface area contributed by atoms with Crippen LogP contribution in [-0.4, -0.2) is 44.1 Å². The van der Waals surface area contributed by atoms with Gasteiger partial charge in [-0.2, -0.15) is 0 Å². The van der Waals surface area contributed by atoms with Gasteiger partial charge in [-0.3, -0.25) is 0 Å². The Bertz CT molecular complexity index is 14.0. The second-order valence-electron chi connectivity index (χ2n) is 0. The van der Waals surface area contributed by atoms with E-state index in [2.05, 4.69) is 0 Å². The van der Waals surface area contributed by atoms with E-state index in [4.69, 9.17) is 0 Å². The summed E-state index contributed by atoms with van der Waals surface area (Å²) in [5.74, 6) is 0. The van der Waals surface area contributed by atoms with Crippen LogP contribution in [0.2, 0.25) is 0 Å².